The minimum atomic E-state index is -0.0710. The Labute approximate surface area is 121 Å². The third-order valence-corrected chi connectivity index (χ3v) is 7.13. The monoisotopic (exact) mass is 274 g/mol. The Hall–Kier alpha value is -0.630. The molecule has 2 nitrogen and oxygen atoms in total. The lowest BCUT2D eigenvalue weighted by Gasteiger charge is -2.51. The average Bonchev–Trinajstić information content (AvgIpc) is 2.70. The predicted octanol–water partition coefficient (Wildman–Crippen LogP) is 3.49. The van der Waals surface area contributed by atoms with Gasteiger partial charge in [-0.05, 0) is 80.1 Å². The van der Waals surface area contributed by atoms with Crippen LogP contribution in [0.1, 0.15) is 58.3 Å². The second kappa shape index (κ2) is 4.43. The van der Waals surface area contributed by atoms with Crippen LogP contribution in [0.3, 0.4) is 0 Å². The van der Waals surface area contributed by atoms with Crippen LogP contribution in [-0.2, 0) is 4.79 Å². The topological polar surface area (TPSA) is 37.3 Å². The maximum Gasteiger partial charge on any atom is 0.155 e. The zero-order valence-electron chi connectivity index (χ0n) is 12.5. The van der Waals surface area contributed by atoms with Gasteiger partial charge in [0.1, 0.15) is 0 Å². The van der Waals surface area contributed by atoms with Gasteiger partial charge in [0.05, 0.1) is 6.10 Å². The van der Waals surface area contributed by atoms with E-state index in [0.717, 1.165) is 37.0 Å². The first-order valence-corrected chi connectivity index (χ1v) is 8.47. The van der Waals surface area contributed by atoms with E-state index >= 15 is 0 Å². The zero-order chi connectivity index (χ0) is 13.9. The second-order valence-electron chi connectivity index (χ2n) is 8.12. The number of rotatable bonds is 0. The fourth-order valence-corrected chi connectivity index (χ4v) is 5.86. The molecule has 0 aromatic carbocycles. The van der Waals surface area contributed by atoms with Gasteiger partial charge in [-0.3, -0.25) is 4.79 Å². The van der Waals surface area contributed by atoms with E-state index in [0.29, 0.717) is 11.7 Å². The molecule has 110 valence electrons. The summed E-state index contributed by atoms with van der Waals surface area (Å²) >= 11 is 0. The summed E-state index contributed by atoms with van der Waals surface area (Å²) in [5.41, 5.74) is 1.65. The van der Waals surface area contributed by atoms with Gasteiger partial charge in [0.15, 0.2) is 5.78 Å². The summed E-state index contributed by atoms with van der Waals surface area (Å²) in [4.78, 5) is 11.6. The molecule has 0 aromatic rings. The van der Waals surface area contributed by atoms with E-state index in [2.05, 4.69) is 6.92 Å². The van der Waals surface area contributed by atoms with Crippen molar-refractivity contribution in [2.75, 3.05) is 0 Å². The van der Waals surface area contributed by atoms with Crippen LogP contribution in [0.25, 0.3) is 0 Å². The number of allylic oxidation sites excluding steroid dienone is 2. The van der Waals surface area contributed by atoms with Gasteiger partial charge < -0.3 is 5.11 Å². The number of aliphatic hydroxyl groups excluding tert-OH is 1. The number of carbonyl (C=O) groups excluding carboxylic acids is 1. The van der Waals surface area contributed by atoms with E-state index in [1.807, 2.05) is 6.08 Å². The molecule has 4 rings (SSSR count). The highest BCUT2D eigenvalue weighted by molar-refractivity contribution is 5.91. The molecule has 0 bridgehead atoms. The predicted molar refractivity (Wildman–Crippen MR) is 78.1 cm³/mol. The fourth-order valence-electron chi connectivity index (χ4n) is 5.86. The number of fused-ring (bicyclic) bond motifs is 3. The Bertz CT molecular complexity index is 466. The molecule has 0 unspecified atom stereocenters. The first kappa shape index (κ1) is 13.1. The average molecular weight is 274 g/mol. The number of hydrogen-bond donors (Lipinski definition) is 1. The van der Waals surface area contributed by atoms with Crippen LogP contribution in [0.5, 0.6) is 0 Å². The molecule has 0 amide bonds. The van der Waals surface area contributed by atoms with Crippen molar-refractivity contribution in [2.45, 2.75) is 64.4 Å². The van der Waals surface area contributed by atoms with Crippen LogP contribution >= 0.6 is 0 Å². The minimum absolute atomic E-state index is 0.0710. The summed E-state index contributed by atoms with van der Waals surface area (Å²) in [6, 6.07) is 0. The Morgan fingerprint density at radius 3 is 2.90 bits per heavy atom. The Morgan fingerprint density at radius 1 is 1.20 bits per heavy atom. The first-order valence-electron chi connectivity index (χ1n) is 8.47. The molecule has 0 spiro atoms. The maximum atomic E-state index is 11.6. The standard InChI is InChI=1S/C18H26O2/c1-18-10-14-6-11-2-4-16(19)9-13(11)7-12(14)8-15(18)3-5-17(18)20/h9,11-12,14-15,17,20H,2-8,10H2,1H3/t11-,12-,14-,15+,17+,18+/m1/s1. The van der Waals surface area contributed by atoms with Crippen LogP contribution in [0.4, 0.5) is 0 Å². The van der Waals surface area contributed by atoms with E-state index in [1.54, 1.807) is 0 Å². The summed E-state index contributed by atoms with van der Waals surface area (Å²) in [6.45, 7) is 2.33. The van der Waals surface area contributed by atoms with Crippen molar-refractivity contribution in [3.05, 3.63) is 11.6 Å². The first-order chi connectivity index (χ1) is 9.56. The molecule has 6 atom stereocenters. The van der Waals surface area contributed by atoms with Gasteiger partial charge in [0.25, 0.3) is 0 Å². The molecule has 0 heterocycles. The van der Waals surface area contributed by atoms with Crippen LogP contribution < -0.4 is 0 Å². The largest absolute Gasteiger partial charge is 0.393 e. The molecule has 0 aromatic heterocycles. The lowest BCUT2D eigenvalue weighted by Crippen LogP contribution is -2.44. The van der Waals surface area contributed by atoms with Crippen molar-refractivity contribution in [1.29, 1.82) is 0 Å². The third-order valence-electron chi connectivity index (χ3n) is 7.13. The lowest BCUT2D eigenvalue weighted by molar-refractivity contribution is -0.115. The van der Waals surface area contributed by atoms with Gasteiger partial charge >= 0.3 is 0 Å². The van der Waals surface area contributed by atoms with Crippen LogP contribution in [-0.4, -0.2) is 17.0 Å². The zero-order valence-corrected chi connectivity index (χ0v) is 12.5. The van der Waals surface area contributed by atoms with Crippen molar-refractivity contribution >= 4 is 5.78 Å². The molecular weight excluding hydrogens is 248 g/mol. The number of carbonyl (C=O) groups is 1. The molecule has 0 radical (unpaired) electrons. The van der Waals surface area contributed by atoms with Crippen LogP contribution in [0.2, 0.25) is 0 Å². The highest BCUT2D eigenvalue weighted by Gasteiger charge is 2.53. The van der Waals surface area contributed by atoms with Gasteiger partial charge in [-0.15, -0.1) is 0 Å². The van der Waals surface area contributed by atoms with E-state index in [1.165, 1.54) is 37.7 Å². The quantitative estimate of drug-likeness (QED) is 0.734. The summed E-state index contributed by atoms with van der Waals surface area (Å²) in [5, 5.41) is 10.4. The molecular formula is C18H26O2. The Balaban J connectivity index is 1.58. The van der Waals surface area contributed by atoms with E-state index in [4.69, 9.17) is 0 Å². The van der Waals surface area contributed by atoms with Gasteiger partial charge in [0, 0.05) is 6.42 Å². The molecule has 20 heavy (non-hydrogen) atoms. The maximum absolute atomic E-state index is 11.6. The number of ketones is 1. The van der Waals surface area contributed by atoms with E-state index < -0.39 is 0 Å². The SMILES string of the molecule is C[C@]12C[C@H]3C[C@H]4CCC(=O)C=C4C[C@@H]3C[C@@H]1CC[C@@H]2O. The highest BCUT2D eigenvalue weighted by Crippen LogP contribution is 2.59. The molecule has 3 saturated carbocycles. The molecule has 0 aliphatic heterocycles. The molecule has 4 aliphatic rings. The molecule has 2 heteroatoms. The molecule has 4 aliphatic carbocycles. The van der Waals surface area contributed by atoms with Crippen molar-refractivity contribution < 1.29 is 9.90 Å². The van der Waals surface area contributed by atoms with Gasteiger partial charge in [-0.2, -0.15) is 0 Å². The van der Waals surface area contributed by atoms with Crippen molar-refractivity contribution in [3.8, 4) is 0 Å². The molecule has 0 saturated heterocycles. The lowest BCUT2D eigenvalue weighted by atomic mass is 9.55. The molecule has 3 fully saturated rings. The van der Waals surface area contributed by atoms with E-state index in [-0.39, 0.29) is 11.5 Å². The van der Waals surface area contributed by atoms with Crippen molar-refractivity contribution in [1.82, 2.24) is 0 Å². The van der Waals surface area contributed by atoms with Crippen molar-refractivity contribution in [2.24, 2.45) is 29.1 Å². The number of aliphatic hydroxyl groups is 1. The number of hydrogen-bond acceptors (Lipinski definition) is 2. The van der Waals surface area contributed by atoms with Crippen LogP contribution in [0, 0.1) is 29.1 Å². The van der Waals surface area contributed by atoms with Crippen LogP contribution in [0.15, 0.2) is 11.6 Å². The normalized spacial score (nSPS) is 51.0. The van der Waals surface area contributed by atoms with E-state index in [9.17, 15) is 9.90 Å². The summed E-state index contributed by atoms with van der Waals surface area (Å²) in [5.74, 6) is 3.32. The fraction of sp³-hybridized carbons (Fsp3) is 0.833. The van der Waals surface area contributed by atoms with Gasteiger partial charge in [-0.25, -0.2) is 0 Å². The summed E-state index contributed by atoms with van der Waals surface area (Å²) in [6.07, 6.45) is 10.9. The smallest absolute Gasteiger partial charge is 0.155 e. The van der Waals surface area contributed by atoms with Gasteiger partial charge in [-0.1, -0.05) is 12.5 Å². The third kappa shape index (κ3) is 1.83. The summed E-state index contributed by atoms with van der Waals surface area (Å²) in [7, 11) is 0. The van der Waals surface area contributed by atoms with Crippen molar-refractivity contribution in [3.63, 3.8) is 0 Å². The Kier molecular flexibility index (Phi) is 2.89. The molecule has 1 N–H and O–H groups in total. The Morgan fingerprint density at radius 2 is 2.05 bits per heavy atom. The second-order valence-corrected chi connectivity index (χ2v) is 8.12. The summed E-state index contributed by atoms with van der Waals surface area (Å²) < 4.78 is 0. The minimum Gasteiger partial charge on any atom is -0.393 e. The van der Waals surface area contributed by atoms with Gasteiger partial charge in [0.2, 0.25) is 0 Å². The highest BCUT2D eigenvalue weighted by atomic mass is 16.3.